The summed E-state index contributed by atoms with van der Waals surface area (Å²) >= 11 is 0. The number of hydrogen-bond donors (Lipinski definition) is 2. The number of hydrogen-bond acceptors (Lipinski definition) is 8. The van der Waals surface area contributed by atoms with Crippen molar-refractivity contribution in [1.29, 1.82) is 0 Å². The van der Waals surface area contributed by atoms with Crippen molar-refractivity contribution in [3.63, 3.8) is 0 Å². The molecule has 3 aliphatic rings. The minimum absolute atomic E-state index is 0.137. The molecule has 2 N–H and O–H groups in total. The average Bonchev–Trinajstić information content (AvgIpc) is 3.30. The van der Waals surface area contributed by atoms with E-state index in [1.54, 1.807) is 19.2 Å². The number of phenolic OH excluding ortho intramolecular Hbond substituents is 1. The van der Waals surface area contributed by atoms with Crippen LogP contribution < -0.4 is 24.3 Å². The molecule has 2 aromatic rings. The predicted octanol–water partition coefficient (Wildman–Crippen LogP) is 2.24. The van der Waals surface area contributed by atoms with Crippen LogP contribution in [0.4, 0.5) is 0 Å². The maximum Gasteiger partial charge on any atom is 0.343 e. The first-order valence-electron chi connectivity index (χ1n) is 8.97. The number of fused-ring (bicyclic) bond motifs is 3. The zero-order valence-corrected chi connectivity index (χ0v) is 15.4. The summed E-state index contributed by atoms with van der Waals surface area (Å²) < 4.78 is 27.6. The fourth-order valence-corrected chi connectivity index (χ4v) is 4.24. The van der Waals surface area contributed by atoms with Gasteiger partial charge >= 0.3 is 5.97 Å². The number of esters is 1. The Morgan fingerprint density at radius 2 is 2.07 bits per heavy atom. The SMILES string of the molecule is COc1ccc2c(c1O)C(=O)OC2[C@@H]1NCCc2cc3c(c(OC)c21)OCO3. The zero-order valence-electron chi connectivity index (χ0n) is 15.4. The van der Waals surface area contributed by atoms with Gasteiger partial charge in [0.2, 0.25) is 12.5 Å². The number of ether oxygens (including phenoxy) is 5. The molecule has 8 heteroatoms. The maximum absolute atomic E-state index is 12.5. The third kappa shape index (κ3) is 2.24. The molecule has 0 aromatic heterocycles. The van der Waals surface area contributed by atoms with Crippen molar-refractivity contribution in [1.82, 2.24) is 5.32 Å². The molecular weight excluding hydrogens is 366 g/mol. The molecule has 0 saturated carbocycles. The number of cyclic esters (lactones) is 1. The Morgan fingerprint density at radius 1 is 1.21 bits per heavy atom. The van der Waals surface area contributed by atoms with Gasteiger partial charge in [-0.15, -0.1) is 0 Å². The van der Waals surface area contributed by atoms with E-state index in [-0.39, 0.29) is 29.9 Å². The summed E-state index contributed by atoms with van der Waals surface area (Å²) in [5.41, 5.74) is 2.66. The van der Waals surface area contributed by atoms with E-state index in [1.807, 2.05) is 6.07 Å². The number of rotatable bonds is 3. The van der Waals surface area contributed by atoms with Gasteiger partial charge in [0, 0.05) is 11.1 Å². The number of nitrogens with one attached hydrogen (secondary N) is 1. The Balaban J connectivity index is 1.65. The molecule has 1 unspecified atom stereocenters. The van der Waals surface area contributed by atoms with Crippen LogP contribution in [0.1, 0.15) is 39.2 Å². The lowest BCUT2D eigenvalue weighted by Crippen LogP contribution is -2.34. The van der Waals surface area contributed by atoms with Gasteiger partial charge in [0.15, 0.2) is 23.0 Å². The number of phenols is 1. The molecular formula is C20H19NO7. The number of carbonyl (C=O) groups is 1. The number of benzene rings is 2. The van der Waals surface area contributed by atoms with Crippen LogP contribution in [0.2, 0.25) is 0 Å². The van der Waals surface area contributed by atoms with Gasteiger partial charge in [-0.2, -0.15) is 0 Å². The minimum atomic E-state index is -0.618. The standard InChI is InChI=1S/C20H19NO7/c1-24-11-4-3-10-14(16(11)22)20(23)28-17(10)15-13-9(5-6-21-15)7-12-18(19(13)25-2)27-8-26-12/h3-4,7,15,17,21-22H,5-6,8H2,1-2H3/t15-,17?/m1/s1. The van der Waals surface area contributed by atoms with Crippen LogP contribution in [0.25, 0.3) is 0 Å². The molecule has 2 aromatic carbocycles. The van der Waals surface area contributed by atoms with E-state index >= 15 is 0 Å². The van der Waals surface area contributed by atoms with Crippen LogP contribution in [0, 0.1) is 0 Å². The monoisotopic (exact) mass is 385 g/mol. The first kappa shape index (κ1) is 17.0. The number of aromatic hydroxyl groups is 1. The molecule has 8 nitrogen and oxygen atoms in total. The van der Waals surface area contributed by atoms with Crippen molar-refractivity contribution in [2.75, 3.05) is 27.6 Å². The number of methoxy groups -OCH3 is 2. The molecule has 146 valence electrons. The minimum Gasteiger partial charge on any atom is -0.504 e. The molecule has 0 spiro atoms. The average molecular weight is 385 g/mol. The predicted molar refractivity (Wildman–Crippen MR) is 96.4 cm³/mol. The molecule has 0 amide bonds. The molecule has 0 bridgehead atoms. The van der Waals surface area contributed by atoms with Crippen LogP contribution in [0.3, 0.4) is 0 Å². The van der Waals surface area contributed by atoms with Crippen LogP contribution in [-0.2, 0) is 11.2 Å². The zero-order chi connectivity index (χ0) is 19.4. The van der Waals surface area contributed by atoms with Gasteiger partial charge in [0.05, 0.1) is 20.3 Å². The molecule has 3 aliphatic heterocycles. The molecule has 0 aliphatic carbocycles. The quantitative estimate of drug-likeness (QED) is 0.777. The second-order valence-corrected chi connectivity index (χ2v) is 6.80. The van der Waals surface area contributed by atoms with E-state index in [0.29, 0.717) is 29.4 Å². The van der Waals surface area contributed by atoms with Crippen molar-refractivity contribution in [2.45, 2.75) is 18.6 Å². The summed E-state index contributed by atoms with van der Waals surface area (Å²) in [5.74, 6) is 1.23. The van der Waals surface area contributed by atoms with Crippen molar-refractivity contribution < 1.29 is 33.6 Å². The molecule has 0 fully saturated rings. The van der Waals surface area contributed by atoms with Gasteiger partial charge in [-0.3, -0.25) is 0 Å². The van der Waals surface area contributed by atoms with E-state index in [4.69, 9.17) is 23.7 Å². The maximum atomic E-state index is 12.5. The lowest BCUT2D eigenvalue weighted by Gasteiger charge is -2.32. The highest BCUT2D eigenvalue weighted by atomic mass is 16.7. The molecule has 2 atom stereocenters. The lowest BCUT2D eigenvalue weighted by atomic mass is 9.86. The van der Waals surface area contributed by atoms with Crippen molar-refractivity contribution in [3.05, 3.63) is 40.5 Å². The third-order valence-electron chi connectivity index (χ3n) is 5.46. The summed E-state index contributed by atoms with van der Waals surface area (Å²) in [4.78, 5) is 12.5. The Bertz CT molecular complexity index is 987. The van der Waals surface area contributed by atoms with Gasteiger partial charge in [-0.1, -0.05) is 6.07 Å². The first-order valence-corrected chi connectivity index (χ1v) is 8.97. The Morgan fingerprint density at radius 3 is 2.86 bits per heavy atom. The van der Waals surface area contributed by atoms with Crippen molar-refractivity contribution in [2.24, 2.45) is 0 Å². The molecule has 28 heavy (non-hydrogen) atoms. The molecule has 0 radical (unpaired) electrons. The van der Waals surface area contributed by atoms with Crippen LogP contribution in [-0.4, -0.2) is 38.6 Å². The smallest absolute Gasteiger partial charge is 0.343 e. The Hall–Kier alpha value is -3.13. The largest absolute Gasteiger partial charge is 0.504 e. The van der Waals surface area contributed by atoms with Gasteiger partial charge < -0.3 is 34.1 Å². The molecule has 5 rings (SSSR count). The van der Waals surface area contributed by atoms with Crippen LogP contribution >= 0.6 is 0 Å². The highest BCUT2D eigenvalue weighted by Crippen LogP contribution is 2.53. The molecule has 3 heterocycles. The Kier molecular flexibility index (Phi) is 3.77. The summed E-state index contributed by atoms with van der Waals surface area (Å²) in [5, 5.41) is 13.8. The van der Waals surface area contributed by atoms with Crippen molar-refractivity contribution in [3.8, 4) is 28.7 Å². The van der Waals surface area contributed by atoms with Gasteiger partial charge in [0.1, 0.15) is 11.7 Å². The van der Waals surface area contributed by atoms with Crippen LogP contribution in [0.15, 0.2) is 18.2 Å². The van der Waals surface area contributed by atoms with Gasteiger partial charge in [-0.25, -0.2) is 4.79 Å². The Labute approximate surface area is 160 Å². The summed E-state index contributed by atoms with van der Waals surface area (Å²) in [6.07, 6.45) is 0.160. The summed E-state index contributed by atoms with van der Waals surface area (Å²) in [7, 11) is 3.01. The first-order chi connectivity index (χ1) is 13.6. The summed E-state index contributed by atoms with van der Waals surface area (Å²) in [6.45, 7) is 0.841. The van der Waals surface area contributed by atoms with E-state index in [1.165, 1.54) is 7.11 Å². The second kappa shape index (κ2) is 6.20. The topological polar surface area (TPSA) is 95.5 Å². The second-order valence-electron chi connectivity index (χ2n) is 6.80. The normalized spacial score (nSPS) is 21.7. The van der Waals surface area contributed by atoms with Crippen molar-refractivity contribution >= 4 is 5.97 Å². The summed E-state index contributed by atoms with van der Waals surface area (Å²) in [6, 6.07) is 4.98. The molecule has 0 saturated heterocycles. The van der Waals surface area contributed by atoms with E-state index in [2.05, 4.69) is 5.32 Å². The highest BCUT2D eigenvalue weighted by molar-refractivity contribution is 5.98. The van der Waals surface area contributed by atoms with E-state index in [9.17, 15) is 9.90 Å². The third-order valence-corrected chi connectivity index (χ3v) is 5.46. The fraction of sp³-hybridized carbons (Fsp3) is 0.350. The lowest BCUT2D eigenvalue weighted by molar-refractivity contribution is 0.0282. The van der Waals surface area contributed by atoms with Crippen LogP contribution in [0.5, 0.6) is 28.7 Å². The van der Waals surface area contributed by atoms with Gasteiger partial charge in [-0.05, 0) is 30.7 Å². The number of carbonyl (C=O) groups excluding carboxylic acids is 1. The highest BCUT2D eigenvalue weighted by Gasteiger charge is 2.44. The van der Waals surface area contributed by atoms with E-state index < -0.39 is 12.1 Å². The van der Waals surface area contributed by atoms with E-state index in [0.717, 1.165) is 17.5 Å². The fourth-order valence-electron chi connectivity index (χ4n) is 4.24. The van der Waals surface area contributed by atoms with Gasteiger partial charge in [0.25, 0.3) is 0 Å².